The van der Waals surface area contributed by atoms with Crippen molar-refractivity contribution in [2.24, 2.45) is 10.7 Å². The molecule has 0 spiro atoms. The molecule has 1 aromatic heterocycles. The number of rotatable bonds is 7. The molecule has 1 heterocycles. The second-order valence-corrected chi connectivity index (χ2v) is 6.56. The van der Waals surface area contributed by atoms with Crippen LogP contribution >= 0.6 is 0 Å². The second kappa shape index (κ2) is 9.98. The number of nitrogens with two attached hydrogens (primary N) is 1. The molecule has 2 aromatic carbocycles. The van der Waals surface area contributed by atoms with Crippen LogP contribution in [-0.2, 0) is 9.53 Å². The summed E-state index contributed by atoms with van der Waals surface area (Å²) in [6.45, 7) is 1.37. The fourth-order valence-corrected chi connectivity index (χ4v) is 2.84. The third-order valence-electron chi connectivity index (χ3n) is 4.40. The van der Waals surface area contributed by atoms with E-state index in [0.717, 1.165) is 5.69 Å². The van der Waals surface area contributed by atoms with Crippen molar-refractivity contribution in [2.75, 3.05) is 13.7 Å². The molecule has 172 valence electrons. The molecule has 8 nitrogen and oxygen atoms in total. The molecule has 0 aliphatic rings. The lowest BCUT2D eigenvalue weighted by Crippen LogP contribution is -2.30. The normalized spacial score (nSPS) is 12.5. The predicted molar refractivity (Wildman–Crippen MR) is 115 cm³/mol. The Labute approximate surface area is 187 Å². The van der Waals surface area contributed by atoms with Crippen LogP contribution in [0.5, 0.6) is 5.75 Å². The number of methoxy groups -OCH3 is 1. The van der Waals surface area contributed by atoms with Crippen molar-refractivity contribution in [1.29, 1.82) is 0 Å². The topological polar surface area (TPSA) is 105 Å². The summed E-state index contributed by atoms with van der Waals surface area (Å²) in [6, 6.07) is 13.0. The maximum absolute atomic E-state index is 13.5. The zero-order chi connectivity index (χ0) is 24.0. The first-order valence-electron chi connectivity index (χ1n) is 9.69. The van der Waals surface area contributed by atoms with Gasteiger partial charge in [0.2, 0.25) is 0 Å². The van der Waals surface area contributed by atoms with Crippen LogP contribution in [0, 0.1) is 0 Å². The standard InChI is InChI=1S/C22H20F3N5O3/c1-3-33-21(31)18(12-26)20(22(23,24)25)27-15-9-7-14(8-10-15)19-13-30(29-28-19)16-5-4-6-17(11-16)32-2/h4-13H,3,26H2,1-2H3. The molecule has 11 heteroatoms. The van der Waals surface area contributed by atoms with Gasteiger partial charge in [-0.25, -0.2) is 14.5 Å². The van der Waals surface area contributed by atoms with Crippen molar-refractivity contribution in [3.63, 3.8) is 0 Å². The molecule has 0 aliphatic carbocycles. The molecule has 0 saturated carbocycles. The van der Waals surface area contributed by atoms with E-state index in [1.54, 1.807) is 48.3 Å². The highest BCUT2D eigenvalue weighted by Crippen LogP contribution is 2.28. The Kier molecular flexibility index (Phi) is 7.11. The maximum Gasteiger partial charge on any atom is 0.434 e. The summed E-state index contributed by atoms with van der Waals surface area (Å²) in [5.74, 6) is -0.553. The highest BCUT2D eigenvalue weighted by atomic mass is 19.4. The van der Waals surface area contributed by atoms with Crippen LogP contribution in [0.25, 0.3) is 16.9 Å². The van der Waals surface area contributed by atoms with Gasteiger partial charge in [0.1, 0.15) is 17.0 Å². The van der Waals surface area contributed by atoms with Gasteiger partial charge in [-0.3, -0.25) is 0 Å². The molecular weight excluding hydrogens is 439 g/mol. The van der Waals surface area contributed by atoms with Gasteiger partial charge in [0.05, 0.1) is 31.3 Å². The van der Waals surface area contributed by atoms with Crippen LogP contribution in [0.4, 0.5) is 18.9 Å². The van der Waals surface area contributed by atoms with Gasteiger partial charge >= 0.3 is 12.1 Å². The van der Waals surface area contributed by atoms with E-state index < -0.39 is 23.4 Å². The Balaban J connectivity index is 1.89. The number of aliphatic imine (C=N–C) groups is 1. The van der Waals surface area contributed by atoms with Gasteiger partial charge in [-0.2, -0.15) is 13.2 Å². The fraction of sp³-hybridized carbons (Fsp3) is 0.182. The number of halogens is 3. The molecule has 0 bridgehead atoms. The summed E-state index contributed by atoms with van der Waals surface area (Å²) in [7, 11) is 1.55. The summed E-state index contributed by atoms with van der Waals surface area (Å²) in [4.78, 5) is 15.5. The van der Waals surface area contributed by atoms with E-state index in [0.29, 0.717) is 23.2 Å². The number of aromatic nitrogens is 3. The van der Waals surface area contributed by atoms with Crippen molar-refractivity contribution in [2.45, 2.75) is 13.1 Å². The van der Waals surface area contributed by atoms with Gasteiger partial charge in [0.25, 0.3) is 0 Å². The second-order valence-electron chi connectivity index (χ2n) is 6.56. The molecule has 0 fully saturated rings. The lowest BCUT2D eigenvalue weighted by atomic mass is 10.1. The Bertz CT molecular complexity index is 1180. The van der Waals surface area contributed by atoms with Crippen molar-refractivity contribution in [3.05, 3.63) is 66.5 Å². The molecule has 0 saturated heterocycles. The summed E-state index contributed by atoms with van der Waals surface area (Å²) >= 11 is 0. The minimum absolute atomic E-state index is 0.0325. The molecule has 3 aromatic rings. The molecular formula is C22H20F3N5O3. The van der Waals surface area contributed by atoms with E-state index in [1.165, 1.54) is 19.1 Å². The Morgan fingerprint density at radius 1 is 1.21 bits per heavy atom. The minimum atomic E-state index is -4.92. The summed E-state index contributed by atoms with van der Waals surface area (Å²) in [5.41, 5.74) is 4.74. The lowest BCUT2D eigenvalue weighted by molar-refractivity contribution is -0.138. The van der Waals surface area contributed by atoms with Crippen molar-refractivity contribution >= 4 is 17.4 Å². The van der Waals surface area contributed by atoms with E-state index in [4.69, 9.17) is 10.5 Å². The van der Waals surface area contributed by atoms with Crippen LogP contribution in [0.2, 0.25) is 0 Å². The number of nitrogens with zero attached hydrogens (tertiary/aromatic N) is 4. The number of carbonyl (C=O) groups excluding carboxylic acids is 1. The molecule has 0 aliphatic heterocycles. The van der Waals surface area contributed by atoms with Crippen LogP contribution in [0.3, 0.4) is 0 Å². The Morgan fingerprint density at radius 2 is 1.94 bits per heavy atom. The minimum Gasteiger partial charge on any atom is -0.497 e. The average molecular weight is 459 g/mol. The summed E-state index contributed by atoms with van der Waals surface area (Å²) < 4.78 is 52.0. The number of ether oxygens (including phenoxy) is 2. The highest BCUT2D eigenvalue weighted by Gasteiger charge is 2.41. The van der Waals surface area contributed by atoms with E-state index in [1.807, 2.05) is 6.07 Å². The zero-order valence-corrected chi connectivity index (χ0v) is 17.7. The van der Waals surface area contributed by atoms with Crippen LogP contribution in [0.15, 0.2) is 71.5 Å². The van der Waals surface area contributed by atoms with E-state index >= 15 is 0 Å². The molecule has 33 heavy (non-hydrogen) atoms. The van der Waals surface area contributed by atoms with E-state index in [-0.39, 0.29) is 12.3 Å². The maximum atomic E-state index is 13.5. The van der Waals surface area contributed by atoms with Gasteiger partial charge in [0.15, 0.2) is 5.71 Å². The average Bonchev–Trinajstić information content (AvgIpc) is 3.29. The first-order valence-corrected chi connectivity index (χ1v) is 9.69. The number of alkyl halides is 3. The van der Waals surface area contributed by atoms with E-state index in [2.05, 4.69) is 20.0 Å². The Morgan fingerprint density at radius 3 is 2.55 bits per heavy atom. The van der Waals surface area contributed by atoms with Gasteiger partial charge in [-0.05, 0) is 31.2 Å². The molecule has 0 amide bonds. The van der Waals surface area contributed by atoms with Gasteiger partial charge in [-0.15, -0.1) is 5.10 Å². The smallest absolute Gasteiger partial charge is 0.434 e. The zero-order valence-electron chi connectivity index (χ0n) is 17.7. The van der Waals surface area contributed by atoms with Gasteiger partial charge in [-0.1, -0.05) is 23.4 Å². The number of benzene rings is 2. The molecule has 0 atom stereocenters. The Hall–Kier alpha value is -4.15. The van der Waals surface area contributed by atoms with Crippen molar-refractivity contribution in [1.82, 2.24) is 15.0 Å². The first-order chi connectivity index (χ1) is 15.8. The van der Waals surface area contributed by atoms with Gasteiger partial charge < -0.3 is 15.2 Å². The SMILES string of the molecule is CCOC(=O)C(=CN)C(=Nc1ccc(-c2cn(-c3cccc(OC)c3)nn2)cc1)C(F)(F)F. The predicted octanol–water partition coefficient (Wildman–Crippen LogP) is 3.98. The number of esters is 1. The highest BCUT2D eigenvalue weighted by molar-refractivity contribution is 6.22. The van der Waals surface area contributed by atoms with Crippen LogP contribution in [-0.4, -0.2) is 46.6 Å². The van der Waals surface area contributed by atoms with E-state index in [9.17, 15) is 18.0 Å². The third-order valence-corrected chi connectivity index (χ3v) is 4.40. The van der Waals surface area contributed by atoms with Crippen molar-refractivity contribution < 1.29 is 27.4 Å². The number of carbonyl (C=O) groups is 1. The van der Waals surface area contributed by atoms with Crippen molar-refractivity contribution in [3.8, 4) is 22.7 Å². The molecule has 0 unspecified atom stereocenters. The molecule has 3 rings (SSSR count). The number of hydrogen-bond donors (Lipinski definition) is 1. The molecule has 0 radical (unpaired) electrons. The largest absolute Gasteiger partial charge is 0.497 e. The summed E-state index contributed by atoms with van der Waals surface area (Å²) in [6.07, 6.45) is -2.71. The van der Waals surface area contributed by atoms with Crippen LogP contribution < -0.4 is 10.5 Å². The third kappa shape index (κ3) is 5.56. The first kappa shape index (κ1) is 23.5. The van der Waals surface area contributed by atoms with Gasteiger partial charge in [0, 0.05) is 17.8 Å². The summed E-state index contributed by atoms with van der Waals surface area (Å²) in [5, 5.41) is 8.18. The quantitative estimate of drug-likeness (QED) is 0.326. The number of hydrogen-bond acceptors (Lipinski definition) is 7. The van der Waals surface area contributed by atoms with Crippen LogP contribution in [0.1, 0.15) is 6.92 Å². The lowest BCUT2D eigenvalue weighted by Gasteiger charge is -2.13. The monoisotopic (exact) mass is 459 g/mol. The molecule has 2 N–H and O–H groups in total. The fourth-order valence-electron chi connectivity index (χ4n) is 2.84.